The molecule has 1 N–H and O–H groups in total. The number of aliphatic hydroxyl groups is 1. The van der Waals surface area contributed by atoms with Crippen molar-refractivity contribution in [3.8, 4) is 0 Å². The first-order valence-corrected chi connectivity index (χ1v) is 6.39. The van der Waals surface area contributed by atoms with Crippen molar-refractivity contribution < 1.29 is 5.11 Å². The van der Waals surface area contributed by atoms with E-state index in [9.17, 15) is 5.11 Å². The molecule has 4 heteroatoms. The van der Waals surface area contributed by atoms with Crippen molar-refractivity contribution in [2.45, 2.75) is 19.4 Å². The van der Waals surface area contributed by atoms with Crippen molar-refractivity contribution in [1.29, 1.82) is 0 Å². The van der Waals surface area contributed by atoms with Gasteiger partial charge < -0.3 is 10.0 Å². The van der Waals surface area contributed by atoms with Crippen molar-refractivity contribution >= 4 is 16.6 Å². The van der Waals surface area contributed by atoms with E-state index >= 15 is 0 Å². The summed E-state index contributed by atoms with van der Waals surface area (Å²) in [7, 11) is 0. The largest absolute Gasteiger partial charge is 0.391 e. The molecule has 0 radical (unpaired) electrons. The zero-order valence-corrected chi connectivity index (χ0v) is 10.5. The summed E-state index contributed by atoms with van der Waals surface area (Å²) in [5.41, 5.74) is 1.98. The van der Waals surface area contributed by atoms with Gasteiger partial charge in [-0.1, -0.05) is 25.1 Å². The van der Waals surface area contributed by atoms with Gasteiger partial charge in [-0.2, -0.15) is 10.2 Å². The molecule has 4 nitrogen and oxygen atoms in total. The van der Waals surface area contributed by atoms with Crippen molar-refractivity contribution in [2.24, 2.45) is 5.92 Å². The Morgan fingerprint density at radius 3 is 3.00 bits per heavy atom. The summed E-state index contributed by atoms with van der Waals surface area (Å²) in [6, 6.07) is 8.00. The Morgan fingerprint density at radius 1 is 1.33 bits per heavy atom. The third-order valence-corrected chi connectivity index (χ3v) is 3.78. The van der Waals surface area contributed by atoms with Gasteiger partial charge in [-0.15, -0.1) is 0 Å². The maximum absolute atomic E-state index is 10.0. The van der Waals surface area contributed by atoms with E-state index in [0.29, 0.717) is 12.5 Å². The third-order valence-electron chi connectivity index (χ3n) is 3.78. The third kappa shape index (κ3) is 1.93. The van der Waals surface area contributed by atoms with Gasteiger partial charge in [-0.3, -0.25) is 0 Å². The van der Waals surface area contributed by atoms with E-state index in [0.717, 1.165) is 29.6 Å². The molecule has 94 valence electrons. The molecule has 0 amide bonds. The molecular formula is C14H17N3O. The highest BCUT2D eigenvalue weighted by molar-refractivity contribution is 5.90. The lowest BCUT2D eigenvalue weighted by Crippen LogP contribution is -2.43. The van der Waals surface area contributed by atoms with Gasteiger partial charge in [0.25, 0.3) is 0 Å². The highest BCUT2D eigenvalue weighted by atomic mass is 16.3. The number of hydrogen-bond acceptors (Lipinski definition) is 4. The molecule has 0 spiro atoms. The number of piperidine rings is 1. The molecule has 0 bridgehead atoms. The number of aromatic nitrogens is 2. The first kappa shape index (κ1) is 11.4. The highest BCUT2D eigenvalue weighted by Crippen LogP contribution is 2.28. The van der Waals surface area contributed by atoms with Gasteiger partial charge in [0.05, 0.1) is 23.5 Å². The Morgan fingerprint density at radius 2 is 2.17 bits per heavy atom. The molecule has 3 rings (SSSR count). The molecule has 0 saturated carbocycles. The number of anilines is 1. The minimum atomic E-state index is -0.259. The average molecular weight is 243 g/mol. The Hall–Kier alpha value is -1.68. The molecule has 1 aromatic heterocycles. The van der Waals surface area contributed by atoms with E-state index < -0.39 is 0 Å². The van der Waals surface area contributed by atoms with E-state index in [1.165, 1.54) is 0 Å². The Balaban J connectivity index is 1.99. The number of benzene rings is 1. The standard InChI is InChI=1S/C14H17N3O/c1-10-6-7-17(9-14(10)18)13-8-15-16-12-5-3-2-4-11(12)13/h2-5,8,10,14,18H,6-7,9H2,1H3. The van der Waals surface area contributed by atoms with E-state index in [-0.39, 0.29) is 6.10 Å². The van der Waals surface area contributed by atoms with E-state index in [2.05, 4.69) is 28.1 Å². The minimum absolute atomic E-state index is 0.259. The highest BCUT2D eigenvalue weighted by Gasteiger charge is 2.25. The van der Waals surface area contributed by atoms with E-state index in [4.69, 9.17) is 0 Å². The molecule has 0 aliphatic carbocycles. The Bertz CT molecular complexity index is 552. The van der Waals surface area contributed by atoms with Crippen molar-refractivity contribution in [3.05, 3.63) is 30.5 Å². The van der Waals surface area contributed by atoms with Gasteiger partial charge in [0.15, 0.2) is 0 Å². The van der Waals surface area contributed by atoms with Crippen LogP contribution in [-0.2, 0) is 0 Å². The summed E-state index contributed by atoms with van der Waals surface area (Å²) in [4.78, 5) is 2.21. The molecule has 1 aromatic carbocycles. The predicted molar refractivity (Wildman–Crippen MR) is 71.5 cm³/mol. The fraction of sp³-hybridized carbons (Fsp3) is 0.429. The Kier molecular flexibility index (Phi) is 2.88. The van der Waals surface area contributed by atoms with Gasteiger partial charge in [0.2, 0.25) is 0 Å². The molecular weight excluding hydrogens is 226 g/mol. The zero-order chi connectivity index (χ0) is 12.5. The van der Waals surface area contributed by atoms with Crippen molar-refractivity contribution in [2.75, 3.05) is 18.0 Å². The second kappa shape index (κ2) is 4.53. The number of fused-ring (bicyclic) bond motifs is 1. The fourth-order valence-corrected chi connectivity index (χ4v) is 2.51. The van der Waals surface area contributed by atoms with Crippen molar-refractivity contribution in [3.63, 3.8) is 0 Å². The van der Waals surface area contributed by atoms with Crippen LogP contribution in [0.25, 0.3) is 10.9 Å². The number of rotatable bonds is 1. The van der Waals surface area contributed by atoms with Crippen LogP contribution in [0.3, 0.4) is 0 Å². The van der Waals surface area contributed by atoms with E-state index in [1.54, 1.807) is 6.20 Å². The molecule has 18 heavy (non-hydrogen) atoms. The summed E-state index contributed by atoms with van der Waals surface area (Å²) in [5, 5.41) is 19.3. The molecule has 1 saturated heterocycles. The summed E-state index contributed by atoms with van der Waals surface area (Å²) in [5.74, 6) is 0.377. The van der Waals surface area contributed by atoms with Crippen molar-refractivity contribution in [1.82, 2.24) is 10.2 Å². The van der Waals surface area contributed by atoms with Crippen LogP contribution >= 0.6 is 0 Å². The summed E-state index contributed by atoms with van der Waals surface area (Å²) < 4.78 is 0. The zero-order valence-electron chi connectivity index (χ0n) is 10.5. The van der Waals surface area contributed by atoms with Crippen LogP contribution in [0.5, 0.6) is 0 Å². The lowest BCUT2D eigenvalue weighted by atomic mass is 9.95. The summed E-state index contributed by atoms with van der Waals surface area (Å²) >= 11 is 0. The van der Waals surface area contributed by atoms with Gasteiger partial charge in [0, 0.05) is 18.5 Å². The van der Waals surface area contributed by atoms with Gasteiger partial charge in [-0.25, -0.2) is 0 Å². The maximum atomic E-state index is 10.0. The molecule has 1 fully saturated rings. The average Bonchev–Trinajstić information content (AvgIpc) is 2.41. The number of β-amino-alcohol motifs (C(OH)–C–C–N with tert-alkyl or cyclic N) is 1. The molecule has 1 aliphatic heterocycles. The molecule has 1 aliphatic rings. The van der Waals surface area contributed by atoms with Gasteiger partial charge in [-0.05, 0) is 18.4 Å². The summed E-state index contributed by atoms with van der Waals surface area (Å²) in [6.45, 7) is 3.75. The first-order chi connectivity index (χ1) is 8.75. The smallest absolute Gasteiger partial charge is 0.0950 e. The lowest BCUT2D eigenvalue weighted by molar-refractivity contribution is 0.103. The quantitative estimate of drug-likeness (QED) is 0.830. The predicted octanol–water partition coefficient (Wildman–Crippen LogP) is 1.84. The maximum Gasteiger partial charge on any atom is 0.0950 e. The van der Waals surface area contributed by atoms with Crippen LogP contribution in [0.1, 0.15) is 13.3 Å². The minimum Gasteiger partial charge on any atom is -0.391 e. The number of aliphatic hydroxyl groups excluding tert-OH is 1. The van der Waals surface area contributed by atoms with Crippen LogP contribution < -0.4 is 4.90 Å². The number of nitrogens with zero attached hydrogens (tertiary/aromatic N) is 3. The second-order valence-corrected chi connectivity index (χ2v) is 5.03. The molecule has 2 unspecified atom stereocenters. The monoisotopic (exact) mass is 243 g/mol. The molecule has 2 aromatic rings. The molecule has 2 atom stereocenters. The lowest BCUT2D eigenvalue weighted by Gasteiger charge is -2.36. The first-order valence-electron chi connectivity index (χ1n) is 6.39. The van der Waals surface area contributed by atoms with Crippen LogP contribution in [0.4, 0.5) is 5.69 Å². The Labute approximate surface area is 106 Å². The summed E-state index contributed by atoms with van der Waals surface area (Å²) in [6.07, 6.45) is 2.55. The van der Waals surface area contributed by atoms with Crippen LogP contribution in [-0.4, -0.2) is 34.5 Å². The van der Waals surface area contributed by atoms with Gasteiger partial charge >= 0.3 is 0 Å². The topological polar surface area (TPSA) is 49.2 Å². The molecule has 2 heterocycles. The SMILES string of the molecule is CC1CCN(c2cnnc3ccccc23)CC1O. The van der Waals surface area contributed by atoms with Gasteiger partial charge in [0.1, 0.15) is 0 Å². The van der Waals surface area contributed by atoms with E-state index in [1.807, 2.05) is 18.2 Å². The number of hydrogen-bond donors (Lipinski definition) is 1. The van der Waals surface area contributed by atoms with Crippen LogP contribution in [0.15, 0.2) is 30.5 Å². The fourth-order valence-electron chi connectivity index (χ4n) is 2.51. The van der Waals surface area contributed by atoms with Crippen LogP contribution in [0, 0.1) is 5.92 Å². The second-order valence-electron chi connectivity index (χ2n) is 5.03. The van der Waals surface area contributed by atoms with Crippen LogP contribution in [0.2, 0.25) is 0 Å². The normalized spacial score (nSPS) is 24.4.